The summed E-state index contributed by atoms with van der Waals surface area (Å²) in [7, 11) is 0. The first-order chi connectivity index (χ1) is 8.87. The molecule has 0 radical (unpaired) electrons. The molecule has 1 aliphatic rings. The van der Waals surface area contributed by atoms with E-state index in [-0.39, 0.29) is 11.5 Å². The van der Waals surface area contributed by atoms with Crippen LogP contribution in [0.15, 0.2) is 6.07 Å². The van der Waals surface area contributed by atoms with Crippen molar-refractivity contribution in [3.05, 3.63) is 33.9 Å². The zero-order chi connectivity index (χ0) is 14.2. The standard InChI is InChI=1S/C18H29N/c1-12-11-13(2)15(4)16(14(12)3)17(19)18(5)9-7-6-8-10-18/h11,17H,6-10,19H2,1-5H3. The summed E-state index contributed by atoms with van der Waals surface area (Å²) < 4.78 is 0. The predicted octanol–water partition coefficient (Wildman–Crippen LogP) is 4.89. The Hall–Kier alpha value is -0.820. The van der Waals surface area contributed by atoms with E-state index >= 15 is 0 Å². The summed E-state index contributed by atoms with van der Waals surface area (Å²) in [6.45, 7) is 11.3. The maximum atomic E-state index is 6.74. The lowest BCUT2D eigenvalue weighted by atomic mass is 9.67. The van der Waals surface area contributed by atoms with Crippen molar-refractivity contribution in [1.82, 2.24) is 0 Å². The van der Waals surface area contributed by atoms with Crippen molar-refractivity contribution in [3.63, 3.8) is 0 Å². The zero-order valence-corrected chi connectivity index (χ0v) is 13.3. The summed E-state index contributed by atoms with van der Waals surface area (Å²) in [5, 5.41) is 0. The Morgan fingerprint density at radius 1 is 0.947 bits per heavy atom. The molecule has 2 rings (SSSR count). The number of rotatable bonds is 2. The Morgan fingerprint density at radius 2 is 1.42 bits per heavy atom. The van der Waals surface area contributed by atoms with Crippen LogP contribution in [0.3, 0.4) is 0 Å². The Bertz CT molecular complexity index is 441. The minimum atomic E-state index is 0.186. The number of nitrogens with two attached hydrogens (primary N) is 1. The maximum absolute atomic E-state index is 6.74. The van der Waals surface area contributed by atoms with Gasteiger partial charge in [-0.25, -0.2) is 0 Å². The predicted molar refractivity (Wildman–Crippen MR) is 83.5 cm³/mol. The number of aryl methyl sites for hydroxylation is 2. The lowest BCUT2D eigenvalue weighted by Gasteiger charge is -2.40. The molecule has 0 spiro atoms. The molecule has 0 heterocycles. The van der Waals surface area contributed by atoms with Crippen molar-refractivity contribution in [2.75, 3.05) is 0 Å². The molecular weight excluding hydrogens is 230 g/mol. The molecular formula is C18H29N. The molecule has 0 aromatic heterocycles. The summed E-state index contributed by atoms with van der Waals surface area (Å²) in [4.78, 5) is 0. The highest BCUT2D eigenvalue weighted by Crippen LogP contribution is 2.46. The summed E-state index contributed by atoms with van der Waals surface area (Å²) in [5.74, 6) is 0. The van der Waals surface area contributed by atoms with Gasteiger partial charge in [-0.15, -0.1) is 0 Å². The Morgan fingerprint density at radius 3 is 1.89 bits per heavy atom. The molecule has 1 aromatic carbocycles. The van der Waals surface area contributed by atoms with Crippen LogP contribution in [-0.2, 0) is 0 Å². The van der Waals surface area contributed by atoms with Gasteiger partial charge in [-0.2, -0.15) is 0 Å². The largest absolute Gasteiger partial charge is 0.323 e. The van der Waals surface area contributed by atoms with Crippen LogP contribution >= 0.6 is 0 Å². The molecule has 0 saturated heterocycles. The van der Waals surface area contributed by atoms with Gasteiger partial charge in [0, 0.05) is 6.04 Å². The van der Waals surface area contributed by atoms with Gasteiger partial charge in [-0.1, -0.05) is 32.3 Å². The van der Waals surface area contributed by atoms with Crippen LogP contribution in [0, 0.1) is 33.1 Å². The third-order valence-corrected chi connectivity index (χ3v) is 5.48. The van der Waals surface area contributed by atoms with E-state index in [2.05, 4.69) is 40.7 Å². The Labute approximate surface area is 118 Å². The smallest absolute Gasteiger partial charge is 0.0354 e. The molecule has 1 aromatic rings. The molecule has 0 aliphatic heterocycles. The Balaban J connectivity index is 2.46. The van der Waals surface area contributed by atoms with Gasteiger partial charge < -0.3 is 5.73 Å². The van der Waals surface area contributed by atoms with Crippen LogP contribution in [0.4, 0.5) is 0 Å². The lowest BCUT2D eigenvalue weighted by molar-refractivity contribution is 0.169. The second-order valence-electron chi connectivity index (χ2n) is 6.87. The van der Waals surface area contributed by atoms with Gasteiger partial charge in [0.25, 0.3) is 0 Å². The fourth-order valence-electron chi connectivity index (χ4n) is 3.73. The topological polar surface area (TPSA) is 26.0 Å². The fourth-order valence-corrected chi connectivity index (χ4v) is 3.73. The third-order valence-electron chi connectivity index (χ3n) is 5.48. The van der Waals surface area contributed by atoms with Crippen molar-refractivity contribution in [1.29, 1.82) is 0 Å². The van der Waals surface area contributed by atoms with Crippen LogP contribution in [0.5, 0.6) is 0 Å². The van der Waals surface area contributed by atoms with Gasteiger partial charge in [-0.05, 0) is 73.8 Å². The van der Waals surface area contributed by atoms with E-state index in [1.807, 2.05) is 0 Å². The van der Waals surface area contributed by atoms with Crippen LogP contribution in [-0.4, -0.2) is 0 Å². The fraction of sp³-hybridized carbons (Fsp3) is 0.667. The molecule has 0 amide bonds. The van der Waals surface area contributed by atoms with E-state index in [9.17, 15) is 0 Å². The van der Waals surface area contributed by atoms with Gasteiger partial charge in [0.2, 0.25) is 0 Å². The van der Waals surface area contributed by atoms with Crippen LogP contribution in [0.2, 0.25) is 0 Å². The summed E-state index contributed by atoms with van der Waals surface area (Å²) >= 11 is 0. The highest BCUT2D eigenvalue weighted by atomic mass is 14.7. The average Bonchev–Trinajstić information content (AvgIpc) is 2.37. The molecule has 1 heteroatoms. The van der Waals surface area contributed by atoms with E-state index in [0.717, 1.165) is 0 Å². The van der Waals surface area contributed by atoms with Crippen LogP contribution in [0.25, 0.3) is 0 Å². The second-order valence-corrected chi connectivity index (χ2v) is 6.87. The van der Waals surface area contributed by atoms with Gasteiger partial charge in [-0.3, -0.25) is 0 Å². The molecule has 1 fully saturated rings. The van der Waals surface area contributed by atoms with Crippen molar-refractivity contribution < 1.29 is 0 Å². The molecule has 2 N–H and O–H groups in total. The van der Waals surface area contributed by atoms with E-state index in [1.165, 1.54) is 59.9 Å². The summed E-state index contributed by atoms with van der Waals surface area (Å²) in [6, 6.07) is 2.48. The van der Waals surface area contributed by atoms with Gasteiger partial charge in [0.05, 0.1) is 0 Å². The monoisotopic (exact) mass is 259 g/mol. The molecule has 1 atom stereocenters. The first kappa shape index (κ1) is 14.6. The molecule has 1 nitrogen and oxygen atoms in total. The van der Waals surface area contributed by atoms with E-state index in [4.69, 9.17) is 5.73 Å². The first-order valence-corrected chi connectivity index (χ1v) is 7.70. The van der Waals surface area contributed by atoms with E-state index in [0.29, 0.717) is 0 Å². The number of benzene rings is 1. The number of hydrogen-bond acceptors (Lipinski definition) is 1. The lowest BCUT2D eigenvalue weighted by Crippen LogP contribution is -2.35. The third kappa shape index (κ3) is 2.58. The quantitative estimate of drug-likeness (QED) is 0.804. The second kappa shape index (κ2) is 5.28. The highest BCUT2D eigenvalue weighted by Gasteiger charge is 2.35. The molecule has 0 bridgehead atoms. The number of hydrogen-bond donors (Lipinski definition) is 1. The van der Waals surface area contributed by atoms with Crippen molar-refractivity contribution in [2.45, 2.75) is 72.8 Å². The maximum Gasteiger partial charge on any atom is 0.0354 e. The van der Waals surface area contributed by atoms with Crippen molar-refractivity contribution in [3.8, 4) is 0 Å². The minimum absolute atomic E-state index is 0.186. The van der Waals surface area contributed by atoms with E-state index in [1.54, 1.807) is 0 Å². The van der Waals surface area contributed by atoms with Crippen molar-refractivity contribution in [2.24, 2.45) is 11.1 Å². The molecule has 1 saturated carbocycles. The van der Waals surface area contributed by atoms with Gasteiger partial charge in [0.1, 0.15) is 0 Å². The summed E-state index contributed by atoms with van der Waals surface area (Å²) in [5.41, 5.74) is 14.0. The van der Waals surface area contributed by atoms with E-state index < -0.39 is 0 Å². The molecule has 19 heavy (non-hydrogen) atoms. The highest BCUT2D eigenvalue weighted by molar-refractivity contribution is 5.46. The normalized spacial score (nSPS) is 20.3. The van der Waals surface area contributed by atoms with Gasteiger partial charge >= 0.3 is 0 Å². The Kier molecular flexibility index (Phi) is 4.06. The van der Waals surface area contributed by atoms with Crippen LogP contribution < -0.4 is 5.73 Å². The van der Waals surface area contributed by atoms with Crippen LogP contribution in [0.1, 0.15) is 72.9 Å². The average molecular weight is 259 g/mol. The van der Waals surface area contributed by atoms with Gasteiger partial charge in [0.15, 0.2) is 0 Å². The minimum Gasteiger partial charge on any atom is -0.323 e. The van der Waals surface area contributed by atoms with Crippen molar-refractivity contribution >= 4 is 0 Å². The molecule has 1 aliphatic carbocycles. The molecule has 106 valence electrons. The molecule has 1 unspecified atom stereocenters. The first-order valence-electron chi connectivity index (χ1n) is 7.70. The summed E-state index contributed by atoms with van der Waals surface area (Å²) in [6.07, 6.45) is 6.62. The zero-order valence-electron chi connectivity index (χ0n) is 13.3. The SMILES string of the molecule is Cc1cc(C)c(C)c(C(N)C2(C)CCCCC2)c1C.